The molecule has 0 saturated carbocycles. The van der Waals surface area contributed by atoms with Gasteiger partial charge >= 0.3 is 10.1 Å². The van der Waals surface area contributed by atoms with Crippen molar-refractivity contribution in [3.63, 3.8) is 0 Å². The molecule has 0 fully saturated rings. The van der Waals surface area contributed by atoms with Gasteiger partial charge in [-0.2, -0.15) is 8.42 Å². The zero-order valence-electron chi connectivity index (χ0n) is 8.97. The van der Waals surface area contributed by atoms with Crippen LogP contribution < -0.4 is 0 Å². The molecule has 5 heteroatoms. The van der Waals surface area contributed by atoms with E-state index in [4.69, 9.17) is 4.18 Å². The van der Waals surface area contributed by atoms with Crippen molar-refractivity contribution in [1.29, 1.82) is 0 Å². The van der Waals surface area contributed by atoms with Crippen LogP contribution in [0, 0.1) is 0 Å². The number of hydrogen-bond acceptors (Lipinski definition) is 4. The summed E-state index contributed by atoms with van der Waals surface area (Å²) in [6.07, 6.45) is 0. The summed E-state index contributed by atoms with van der Waals surface area (Å²) >= 11 is 0. The maximum Gasteiger partial charge on any atom is 0.302 e. The van der Waals surface area contributed by atoms with Crippen LogP contribution in [0.3, 0.4) is 0 Å². The number of hydrogen-bond donors (Lipinski definition) is 1. The molecule has 0 saturated heterocycles. The highest BCUT2D eigenvalue weighted by Crippen LogP contribution is 2.40. The Bertz CT molecular complexity index is 541. The second kappa shape index (κ2) is 3.33. The normalized spacial score (nSPS) is 22.4. The fourth-order valence-electron chi connectivity index (χ4n) is 1.62. The summed E-state index contributed by atoms with van der Waals surface area (Å²) in [6.45, 7) is 3.02. The van der Waals surface area contributed by atoms with E-state index in [-0.39, 0.29) is 10.7 Å². The van der Waals surface area contributed by atoms with Crippen LogP contribution in [-0.2, 0) is 14.3 Å². The van der Waals surface area contributed by atoms with E-state index in [1.807, 2.05) is 0 Å². The monoisotopic (exact) mass is 240 g/mol. The molecule has 0 aliphatic carbocycles. The van der Waals surface area contributed by atoms with Crippen LogP contribution in [0.4, 0.5) is 0 Å². The Balaban J connectivity index is 2.68. The molecule has 1 aliphatic heterocycles. The minimum Gasteiger partial charge on any atom is -0.508 e. The largest absolute Gasteiger partial charge is 0.508 e. The van der Waals surface area contributed by atoms with Crippen molar-refractivity contribution in [1.82, 2.24) is 0 Å². The van der Waals surface area contributed by atoms with Crippen molar-refractivity contribution in [2.45, 2.75) is 19.4 Å². The molecule has 0 amide bonds. The SMILES string of the molecule is CC1(C)OS(=O)(=O)C(c2ccccc2)=C1O. The lowest BCUT2D eigenvalue weighted by molar-refractivity contribution is 0.119. The third-order valence-electron chi connectivity index (χ3n) is 2.39. The Morgan fingerprint density at radius 2 is 1.75 bits per heavy atom. The molecule has 0 unspecified atom stereocenters. The van der Waals surface area contributed by atoms with E-state index < -0.39 is 15.7 Å². The van der Waals surface area contributed by atoms with E-state index in [1.165, 1.54) is 13.8 Å². The van der Waals surface area contributed by atoms with Gasteiger partial charge in [0.25, 0.3) is 0 Å². The van der Waals surface area contributed by atoms with Crippen molar-refractivity contribution in [3.8, 4) is 0 Å². The Morgan fingerprint density at radius 1 is 1.19 bits per heavy atom. The first-order valence-electron chi connectivity index (χ1n) is 4.79. The summed E-state index contributed by atoms with van der Waals surface area (Å²) < 4.78 is 28.4. The summed E-state index contributed by atoms with van der Waals surface area (Å²) in [4.78, 5) is -0.141. The standard InChI is InChI=1S/C11H12O4S/c1-11(2)10(12)9(16(13,14)15-11)8-6-4-3-5-7-8/h3-7,12H,1-2H3. The molecule has 0 aromatic heterocycles. The van der Waals surface area contributed by atoms with Crippen molar-refractivity contribution in [3.05, 3.63) is 41.7 Å². The van der Waals surface area contributed by atoms with Crippen LogP contribution in [0.15, 0.2) is 36.1 Å². The van der Waals surface area contributed by atoms with E-state index in [1.54, 1.807) is 30.3 Å². The van der Waals surface area contributed by atoms with Gasteiger partial charge in [0.05, 0.1) is 0 Å². The molecule has 1 aromatic rings. The second-order valence-corrected chi connectivity index (χ2v) is 5.57. The van der Waals surface area contributed by atoms with Gasteiger partial charge in [-0.3, -0.25) is 4.18 Å². The van der Waals surface area contributed by atoms with Crippen molar-refractivity contribution in [2.24, 2.45) is 0 Å². The van der Waals surface area contributed by atoms with Gasteiger partial charge in [0.1, 0.15) is 16.3 Å². The summed E-state index contributed by atoms with van der Waals surface area (Å²) in [5.41, 5.74) is -0.755. The fourth-order valence-corrected chi connectivity index (χ4v) is 3.24. The molecule has 0 spiro atoms. The third-order valence-corrected chi connectivity index (χ3v) is 3.95. The Hall–Kier alpha value is -1.33. The van der Waals surface area contributed by atoms with Gasteiger partial charge < -0.3 is 5.11 Å². The first-order valence-corrected chi connectivity index (χ1v) is 6.20. The Kier molecular flexibility index (Phi) is 2.32. The van der Waals surface area contributed by atoms with Crippen LogP contribution in [0.2, 0.25) is 0 Å². The van der Waals surface area contributed by atoms with Gasteiger partial charge in [0.15, 0.2) is 0 Å². The van der Waals surface area contributed by atoms with Crippen LogP contribution in [0.5, 0.6) is 0 Å². The topological polar surface area (TPSA) is 63.6 Å². The molecule has 16 heavy (non-hydrogen) atoms. The minimum atomic E-state index is -3.87. The predicted octanol–water partition coefficient (Wildman–Crippen LogP) is 2.05. The molecule has 1 heterocycles. The van der Waals surface area contributed by atoms with Gasteiger partial charge in [-0.05, 0) is 19.4 Å². The fraction of sp³-hybridized carbons (Fsp3) is 0.273. The van der Waals surface area contributed by atoms with Crippen molar-refractivity contribution >= 4 is 15.0 Å². The molecular formula is C11H12O4S. The maximum atomic E-state index is 11.7. The zero-order chi connectivity index (χ0) is 12.0. The summed E-state index contributed by atoms with van der Waals surface area (Å²) in [5.74, 6) is -0.251. The van der Waals surface area contributed by atoms with Gasteiger partial charge in [-0.1, -0.05) is 30.3 Å². The molecule has 4 nitrogen and oxygen atoms in total. The lowest BCUT2D eigenvalue weighted by Crippen LogP contribution is -2.22. The lowest BCUT2D eigenvalue weighted by atomic mass is 10.0. The van der Waals surface area contributed by atoms with Crippen LogP contribution >= 0.6 is 0 Å². The Labute approximate surface area is 94.3 Å². The van der Waals surface area contributed by atoms with Crippen molar-refractivity contribution < 1.29 is 17.7 Å². The summed E-state index contributed by atoms with van der Waals surface area (Å²) in [6, 6.07) is 8.42. The van der Waals surface area contributed by atoms with E-state index >= 15 is 0 Å². The number of rotatable bonds is 1. The summed E-state index contributed by atoms with van der Waals surface area (Å²) in [7, 11) is -3.87. The average Bonchev–Trinajstić information content (AvgIpc) is 2.33. The predicted molar refractivity (Wildman–Crippen MR) is 60.1 cm³/mol. The molecular weight excluding hydrogens is 228 g/mol. The highest BCUT2D eigenvalue weighted by atomic mass is 32.2. The van der Waals surface area contributed by atoms with Gasteiger partial charge in [-0.15, -0.1) is 0 Å². The van der Waals surface area contributed by atoms with E-state index in [9.17, 15) is 13.5 Å². The Morgan fingerprint density at radius 3 is 2.19 bits per heavy atom. The number of aliphatic hydroxyl groups is 1. The smallest absolute Gasteiger partial charge is 0.302 e. The van der Waals surface area contributed by atoms with E-state index in [2.05, 4.69) is 0 Å². The maximum absolute atomic E-state index is 11.7. The molecule has 1 aromatic carbocycles. The highest BCUT2D eigenvalue weighted by molar-refractivity contribution is 7.96. The average molecular weight is 240 g/mol. The molecule has 2 rings (SSSR count). The molecule has 1 aliphatic rings. The van der Waals surface area contributed by atoms with Gasteiger partial charge in [0, 0.05) is 0 Å². The summed E-state index contributed by atoms with van der Waals surface area (Å²) in [5, 5.41) is 9.88. The van der Waals surface area contributed by atoms with Crippen LogP contribution in [0.1, 0.15) is 19.4 Å². The molecule has 0 radical (unpaired) electrons. The van der Waals surface area contributed by atoms with Crippen LogP contribution in [-0.4, -0.2) is 19.1 Å². The minimum absolute atomic E-state index is 0.141. The molecule has 0 atom stereocenters. The zero-order valence-corrected chi connectivity index (χ0v) is 9.78. The number of benzene rings is 1. The second-order valence-electron chi connectivity index (χ2n) is 4.09. The lowest BCUT2D eigenvalue weighted by Gasteiger charge is -2.14. The quantitative estimate of drug-likeness (QED) is 0.763. The first-order chi connectivity index (χ1) is 7.34. The molecule has 1 N–H and O–H groups in total. The third kappa shape index (κ3) is 1.62. The molecule has 86 valence electrons. The first kappa shape index (κ1) is 11.2. The number of aliphatic hydroxyl groups excluding tert-OH is 1. The van der Waals surface area contributed by atoms with Gasteiger partial charge in [-0.25, -0.2) is 0 Å². The van der Waals surface area contributed by atoms with Crippen LogP contribution in [0.25, 0.3) is 4.91 Å². The van der Waals surface area contributed by atoms with Gasteiger partial charge in [0.2, 0.25) is 0 Å². The highest BCUT2D eigenvalue weighted by Gasteiger charge is 2.45. The van der Waals surface area contributed by atoms with E-state index in [0.717, 1.165) is 0 Å². The van der Waals surface area contributed by atoms with Crippen molar-refractivity contribution in [2.75, 3.05) is 0 Å². The molecule has 0 bridgehead atoms. The van der Waals surface area contributed by atoms with E-state index in [0.29, 0.717) is 5.56 Å².